The molecule has 9 heteroatoms. The van der Waals surface area contributed by atoms with Crippen molar-refractivity contribution in [1.29, 1.82) is 0 Å². The summed E-state index contributed by atoms with van der Waals surface area (Å²) >= 11 is 0. The van der Waals surface area contributed by atoms with Gasteiger partial charge in [-0.2, -0.15) is 13.2 Å². The Bertz CT molecular complexity index is 946. The molecule has 0 amide bonds. The van der Waals surface area contributed by atoms with E-state index in [1.54, 1.807) is 18.2 Å². The van der Waals surface area contributed by atoms with Crippen LogP contribution in [0.2, 0.25) is 0 Å². The molecule has 1 aliphatic rings. The molecule has 1 saturated carbocycles. The van der Waals surface area contributed by atoms with Crippen LogP contribution in [0.25, 0.3) is 11.2 Å². The maximum atomic E-state index is 13.9. The minimum atomic E-state index is -4.68. The molecule has 0 spiro atoms. The van der Waals surface area contributed by atoms with Gasteiger partial charge in [0.2, 0.25) is 5.82 Å². The zero-order chi connectivity index (χ0) is 18.3. The van der Waals surface area contributed by atoms with Gasteiger partial charge in [0.1, 0.15) is 11.3 Å². The Hall–Kier alpha value is -2.71. The van der Waals surface area contributed by atoms with Gasteiger partial charge in [-0.25, -0.2) is 19.3 Å². The van der Waals surface area contributed by atoms with Gasteiger partial charge in [0, 0.05) is 12.1 Å². The molecule has 4 rings (SSSR count). The molecule has 0 saturated heterocycles. The summed E-state index contributed by atoms with van der Waals surface area (Å²) in [5.41, 5.74) is 0.607. The van der Waals surface area contributed by atoms with E-state index in [2.05, 4.69) is 20.3 Å². The highest BCUT2D eigenvalue weighted by Crippen LogP contribution is 2.32. The summed E-state index contributed by atoms with van der Waals surface area (Å²) in [4.78, 5) is 11.4. The Morgan fingerprint density at radius 3 is 2.62 bits per heavy atom. The van der Waals surface area contributed by atoms with Gasteiger partial charge < -0.3 is 9.88 Å². The lowest BCUT2D eigenvalue weighted by Crippen LogP contribution is -2.15. The van der Waals surface area contributed by atoms with Crippen LogP contribution in [0.15, 0.2) is 30.6 Å². The van der Waals surface area contributed by atoms with Crippen LogP contribution in [0.4, 0.5) is 23.4 Å². The van der Waals surface area contributed by atoms with Gasteiger partial charge in [0.05, 0.1) is 12.9 Å². The van der Waals surface area contributed by atoms with Crippen molar-refractivity contribution < 1.29 is 17.6 Å². The zero-order valence-corrected chi connectivity index (χ0v) is 13.6. The second-order valence-corrected chi connectivity index (χ2v) is 6.35. The number of imidazole rings is 1. The first kappa shape index (κ1) is 16.7. The number of hydrogen-bond donors (Lipinski definition) is 1. The quantitative estimate of drug-likeness (QED) is 0.698. The van der Waals surface area contributed by atoms with Crippen LogP contribution >= 0.6 is 0 Å². The van der Waals surface area contributed by atoms with Crippen LogP contribution in [0.3, 0.4) is 0 Å². The molecule has 0 unspecified atom stereocenters. The van der Waals surface area contributed by atoms with Crippen LogP contribution in [-0.4, -0.2) is 26.1 Å². The molecule has 2 heterocycles. The molecule has 3 aromatic rings. The van der Waals surface area contributed by atoms with E-state index in [4.69, 9.17) is 0 Å². The average molecular weight is 365 g/mol. The van der Waals surface area contributed by atoms with Gasteiger partial charge in [0.25, 0.3) is 0 Å². The first-order valence-corrected chi connectivity index (χ1v) is 8.19. The smallest absolute Gasteiger partial charge is 0.368 e. The van der Waals surface area contributed by atoms with Crippen molar-refractivity contribution in [3.8, 4) is 0 Å². The lowest BCUT2D eigenvalue weighted by Gasteiger charge is -2.11. The van der Waals surface area contributed by atoms with E-state index in [1.165, 1.54) is 17.0 Å². The molecule has 1 N–H and O–H groups in total. The summed E-state index contributed by atoms with van der Waals surface area (Å²) in [6.45, 7) is 0.573. The van der Waals surface area contributed by atoms with Crippen molar-refractivity contribution in [3.05, 3.63) is 47.8 Å². The Morgan fingerprint density at radius 1 is 1.15 bits per heavy atom. The first-order valence-electron chi connectivity index (χ1n) is 8.19. The van der Waals surface area contributed by atoms with E-state index in [-0.39, 0.29) is 23.5 Å². The molecule has 1 fully saturated rings. The SMILES string of the molecule is Fc1ccccc1Cn1cnc2c(NCC3CC3)nc(C(F)(F)F)nc21. The topological polar surface area (TPSA) is 55.6 Å². The largest absolute Gasteiger partial charge is 0.451 e. The van der Waals surface area contributed by atoms with E-state index in [1.807, 2.05) is 0 Å². The molecule has 0 radical (unpaired) electrons. The number of alkyl halides is 3. The first-order chi connectivity index (χ1) is 12.4. The third-order valence-corrected chi connectivity index (χ3v) is 4.27. The number of hydrogen-bond acceptors (Lipinski definition) is 4. The fraction of sp³-hybridized carbons (Fsp3) is 0.353. The van der Waals surface area contributed by atoms with E-state index in [0.29, 0.717) is 18.0 Å². The van der Waals surface area contributed by atoms with Gasteiger partial charge in [-0.15, -0.1) is 0 Å². The molecule has 1 aliphatic carbocycles. The summed E-state index contributed by atoms with van der Waals surface area (Å²) in [5.74, 6) is -1.17. The van der Waals surface area contributed by atoms with Gasteiger partial charge >= 0.3 is 6.18 Å². The number of halogens is 4. The third-order valence-electron chi connectivity index (χ3n) is 4.27. The number of fused-ring (bicyclic) bond motifs is 1. The predicted octanol–water partition coefficient (Wildman–Crippen LogP) is 3.85. The minimum absolute atomic E-state index is 0.0221. The van der Waals surface area contributed by atoms with Crippen LogP contribution in [0.5, 0.6) is 0 Å². The second kappa shape index (κ2) is 6.22. The minimum Gasteiger partial charge on any atom is -0.368 e. The lowest BCUT2D eigenvalue weighted by atomic mass is 10.2. The highest BCUT2D eigenvalue weighted by molar-refractivity contribution is 5.83. The van der Waals surface area contributed by atoms with Crippen molar-refractivity contribution in [2.75, 3.05) is 11.9 Å². The van der Waals surface area contributed by atoms with Crippen LogP contribution in [0.1, 0.15) is 24.2 Å². The number of anilines is 1. The molecule has 0 bridgehead atoms. The van der Waals surface area contributed by atoms with Crippen molar-refractivity contribution in [2.45, 2.75) is 25.6 Å². The summed E-state index contributed by atoms with van der Waals surface area (Å²) in [5, 5.41) is 2.95. The lowest BCUT2D eigenvalue weighted by molar-refractivity contribution is -0.144. The molecular weight excluding hydrogens is 350 g/mol. The standard InChI is InChI=1S/C17H15F4N5/c18-12-4-2-1-3-11(12)8-26-9-23-13-14(22-7-10-5-6-10)24-16(17(19,20)21)25-15(13)26/h1-4,9-10H,5-8H2,(H,22,24,25). The monoisotopic (exact) mass is 365 g/mol. The van der Waals surface area contributed by atoms with Crippen molar-refractivity contribution in [3.63, 3.8) is 0 Å². The maximum absolute atomic E-state index is 13.9. The number of rotatable bonds is 5. The predicted molar refractivity (Wildman–Crippen MR) is 87.0 cm³/mol. The molecule has 0 atom stereocenters. The Labute approximate surface area is 146 Å². The number of benzene rings is 1. The van der Waals surface area contributed by atoms with Gasteiger partial charge in [-0.1, -0.05) is 18.2 Å². The van der Waals surface area contributed by atoms with E-state index < -0.39 is 17.8 Å². The molecule has 0 aliphatic heterocycles. The third kappa shape index (κ3) is 3.33. The highest BCUT2D eigenvalue weighted by Gasteiger charge is 2.36. The highest BCUT2D eigenvalue weighted by atomic mass is 19.4. The van der Waals surface area contributed by atoms with E-state index >= 15 is 0 Å². The van der Waals surface area contributed by atoms with Crippen LogP contribution < -0.4 is 5.32 Å². The summed E-state index contributed by atoms with van der Waals surface area (Å²) in [7, 11) is 0. The summed E-state index contributed by atoms with van der Waals surface area (Å²) < 4.78 is 54.9. The molecule has 5 nitrogen and oxygen atoms in total. The summed E-state index contributed by atoms with van der Waals surface area (Å²) in [6, 6.07) is 6.08. The second-order valence-electron chi connectivity index (χ2n) is 6.35. The fourth-order valence-corrected chi connectivity index (χ4v) is 2.68. The van der Waals surface area contributed by atoms with Crippen molar-refractivity contribution >= 4 is 17.0 Å². The molecule has 2 aromatic heterocycles. The molecular formula is C17H15F4N5. The fourth-order valence-electron chi connectivity index (χ4n) is 2.68. The molecule has 1 aromatic carbocycles. The normalized spacial score (nSPS) is 14.8. The van der Waals surface area contributed by atoms with Crippen LogP contribution in [0, 0.1) is 11.7 Å². The summed E-state index contributed by atoms with van der Waals surface area (Å²) in [6.07, 6.45) is -1.23. The number of nitrogens with one attached hydrogen (secondary N) is 1. The maximum Gasteiger partial charge on any atom is 0.451 e. The Balaban J connectivity index is 1.76. The van der Waals surface area contributed by atoms with Crippen molar-refractivity contribution in [2.24, 2.45) is 5.92 Å². The van der Waals surface area contributed by atoms with E-state index in [0.717, 1.165) is 12.8 Å². The van der Waals surface area contributed by atoms with Gasteiger partial charge in [-0.05, 0) is 24.8 Å². The van der Waals surface area contributed by atoms with Gasteiger partial charge in [0.15, 0.2) is 11.5 Å². The average Bonchev–Trinajstić information content (AvgIpc) is 3.34. The number of nitrogens with zero attached hydrogens (tertiary/aromatic N) is 4. The molecule has 26 heavy (non-hydrogen) atoms. The van der Waals surface area contributed by atoms with E-state index in [9.17, 15) is 17.6 Å². The Morgan fingerprint density at radius 2 is 1.92 bits per heavy atom. The van der Waals surface area contributed by atoms with Crippen LogP contribution in [-0.2, 0) is 12.7 Å². The Kier molecular flexibility index (Phi) is 4.01. The zero-order valence-electron chi connectivity index (χ0n) is 13.6. The van der Waals surface area contributed by atoms with Gasteiger partial charge in [-0.3, -0.25) is 0 Å². The number of aromatic nitrogens is 4. The molecule has 136 valence electrons. The van der Waals surface area contributed by atoms with Crippen molar-refractivity contribution in [1.82, 2.24) is 19.5 Å².